The Bertz CT molecular complexity index is 1200. The van der Waals surface area contributed by atoms with Crippen molar-refractivity contribution >= 4 is 17.2 Å². The zero-order valence-electron chi connectivity index (χ0n) is 20.8. The van der Waals surface area contributed by atoms with E-state index in [0.717, 1.165) is 19.6 Å². The lowest BCUT2D eigenvalue weighted by atomic mass is 10.0. The average molecular weight is 530 g/mol. The van der Waals surface area contributed by atoms with Crippen molar-refractivity contribution in [1.29, 1.82) is 0 Å². The Balaban J connectivity index is 1.22. The molecule has 1 aliphatic carbocycles. The number of nitrogens with zero attached hydrogens (tertiary/aromatic N) is 3. The standard InChI is InChI=1S/C28H30F3N3O2S/c1-18(2)21-8-6-19(7-9-21)11-33-13-23-24(14-33)25(23)15-34(27(35)26-16-37-17-32-26)12-20-4-3-5-22(10-20)36-28(29,30)31/h3-10,16-18,23-25H,11-15H2,1-2H3. The minimum Gasteiger partial charge on any atom is -0.406 e. The Labute approximate surface area is 218 Å². The molecule has 1 amide bonds. The van der Waals surface area contributed by atoms with Gasteiger partial charge in [0.25, 0.3) is 5.91 Å². The topological polar surface area (TPSA) is 45.7 Å². The number of ether oxygens (including phenoxy) is 1. The van der Waals surface area contributed by atoms with E-state index in [0.29, 0.717) is 41.5 Å². The molecule has 0 bridgehead atoms. The fraction of sp³-hybridized carbons (Fsp3) is 0.429. The van der Waals surface area contributed by atoms with Gasteiger partial charge >= 0.3 is 6.36 Å². The molecule has 3 aromatic rings. The number of benzene rings is 2. The van der Waals surface area contributed by atoms with Gasteiger partial charge in [0.2, 0.25) is 0 Å². The van der Waals surface area contributed by atoms with Gasteiger partial charge in [-0.15, -0.1) is 24.5 Å². The van der Waals surface area contributed by atoms with E-state index in [9.17, 15) is 18.0 Å². The quantitative estimate of drug-likeness (QED) is 0.332. The van der Waals surface area contributed by atoms with Gasteiger partial charge in [-0.2, -0.15) is 0 Å². The van der Waals surface area contributed by atoms with Gasteiger partial charge in [0, 0.05) is 38.1 Å². The van der Waals surface area contributed by atoms with Crippen LogP contribution in [0, 0.1) is 17.8 Å². The lowest BCUT2D eigenvalue weighted by Crippen LogP contribution is -2.35. The number of halogens is 3. The summed E-state index contributed by atoms with van der Waals surface area (Å²) in [6.07, 6.45) is -4.76. The molecule has 1 aromatic heterocycles. The molecule has 0 N–H and O–H groups in total. The van der Waals surface area contributed by atoms with Crippen molar-refractivity contribution in [2.45, 2.75) is 39.2 Å². The summed E-state index contributed by atoms with van der Waals surface area (Å²) in [7, 11) is 0. The number of hydrogen-bond donors (Lipinski definition) is 0. The molecule has 2 atom stereocenters. The van der Waals surface area contributed by atoms with Gasteiger partial charge in [-0.3, -0.25) is 9.69 Å². The summed E-state index contributed by atoms with van der Waals surface area (Å²) in [5, 5.41) is 1.71. The van der Waals surface area contributed by atoms with E-state index in [-0.39, 0.29) is 18.2 Å². The minimum atomic E-state index is -4.76. The van der Waals surface area contributed by atoms with Crippen LogP contribution in [0.4, 0.5) is 13.2 Å². The summed E-state index contributed by atoms with van der Waals surface area (Å²) < 4.78 is 42.1. The van der Waals surface area contributed by atoms with Crippen molar-refractivity contribution in [1.82, 2.24) is 14.8 Å². The van der Waals surface area contributed by atoms with Gasteiger partial charge in [0.05, 0.1) is 5.51 Å². The summed E-state index contributed by atoms with van der Waals surface area (Å²) in [4.78, 5) is 21.6. The van der Waals surface area contributed by atoms with Crippen LogP contribution in [-0.4, -0.2) is 46.7 Å². The van der Waals surface area contributed by atoms with Crippen LogP contribution in [0.5, 0.6) is 5.75 Å². The van der Waals surface area contributed by atoms with E-state index in [4.69, 9.17) is 0 Å². The number of carbonyl (C=O) groups is 1. The summed E-state index contributed by atoms with van der Waals surface area (Å²) in [5.74, 6) is 1.48. The zero-order chi connectivity index (χ0) is 26.2. The third-order valence-electron chi connectivity index (χ3n) is 7.37. The van der Waals surface area contributed by atoms with E-state index in [1.165, 1.54) is 40.7 Å². The van der Waals surface area contributed by atoms with Crippen LogP contribution in [-0.2, 0) is 13.1 Å². The highest BCUT2D eigenvalue weighted by Crippen LogP contribution is 2.52. The Morgan fingerprint density at radius 1 is 1.14 bits per heavy atom. The van der Waals surface area contributed by atoms with Crippen molar-refractivity contribution in [3.8, 4) is 5.75 Å². The molecule has 9 heteroatoms. The van der Waals surface area contributed by atoms with Crippen molar-refractivity contribution in [3.63, 3.8) is 0 Å². The largest absolute Gasteiger partial charge is 0.573 e. The molecule has 2 aromatic carbocycles. The van der Waals surface area contributed by atoms with Gasteiger partial charge in [0.15, 0.2) is 0 Å². The average Bonchev–Trinajstić information content (AvgIpc) is 3.23. The monoisotopic (exact) mass is 529 g/mol. The van der Waals surface area contributed by atoms with Gasteiger partial charge < -0.3 is 9.64 Å². The number of alkyl halides is 3. The number of amides is 1. The number of aromatic nitrogens is 1. The van der Waals surface area contributed by atoms with Crippen LogP contribution in [0.2, 0.25) is 0 Å². The zero-order valence-corrected chi connectivity index (χ0v) is 21.6. The normalized spacial score (nSPS) is 21.2. The minimum absolute atomic E-state index is 0.199. The maximum Gasteiger partial charge on any atom is 0.573 e. The Kier molecular flexibility index (Phi) is 7.27. The van der Waals surface area contributed by atoms with E-state index in [2.05, 4.69) is 52.7 Å². The molecule has 2 unspecified atom stereocenters. The SMILES string of the molecule is CC(C)c1ccc(CN2CC3C(C2)C3CN(Cc2cccc(OC(F)(F)F)c2)C(=O)c2cscn2)cc1. The number of rotatable bonds is 9. The number of hydrogen-bond acceptors (Lipinski definition) is 5. The summed E-state index contributed by atoms with van der Waals surface area (Å²) in [6, 6.07) is 14.7. The Morgan fingerprint density at radius 3 is 2.49 bits per heavy atom. The van der Waals surface area contributed by atoms with Crippen LogP contribution in [0.25, 0.3) is 0 Å². The van der Waals surface area contributed by atoms with Crippen molar-refractivity contribution in [2.24, 2.45) is 17.8 Å². The highest BCUT2D eigenvalue weighted by Gasteiger charge is 2.55. The molecular weight excluding hydrogens is 499 g/mol. The van der Waals surface area contributed by atoms with Gasteiger partial charge in [-0.1, -0.05) is 50.2 Å². The van der Waals surface area contributed by atoms with Gasteiger partial charge in [0.1, 0.15) is 11.4 Å². The van der Waals surface area contributed by atoms with E-state index in [1.54, 1.807) is 21.9 Å². The second-order valence-electron chi connectivity index (χ2n) is 10.3. The number of thiazole rings is 1. The molecule has 0 radical (unpaired) electrons. The number of likely N-dealkylation sites (tertiary alicyclic amines) is 1. The summed E-state index contributed by atoms with van der Waals surface area (Å²) in [6.45, 7) is 8.06. The molecule has 1 aliphatic heterocycles. The molecule has 37 heavy (non-hydrogen) atoms. The molecule has 2 fully saturated rings. The fourth-order valence-electron chi connectivity index (χ4n) is 5.42. The molecule has 196 valence electrons. The second kappa shape index (κ2) is 10.5. The summed E-state index contributed by atoms with van der Waals surface area (Å²) in [5.41, 5.74) is 5.21. The van der Waals surface area contributed by atoms with Crippen LogP contribution in [0.15, 0.2) is 59.4 Å². The highest BCUT2D eigenvalue weighted by atomic mass is 32.1. The smallest absolute Gasteiger partial charge is 0.406 e. The third kappa shape index (κ3) is 6.33. The van der Waals surface area contributed by atoms with Crippen molar-refractivity contribution in [2.75, 3.05) is 19.6 Å². The van der Waals surface area contributed by atoms with Crippen LogP contribution in [0.1, 0.15) is 46.9 Å². The molecule has 1 saturated heterocycles. The number of carbonyl (C=O) groups excluding carboxylic acids is 1. The van der Waals surface area contributed by atoms with Crippen LogP contribution < -0.4 is 4.74 Å². The molecule has 1 saturated carbocycles. The lowest BCUT2D eigenvalue weighted by molar-refractivity contribution is -0.274. The molecular formula is C28H30F3N3O2S. The lowest BCUT2D eigenvalue weighted by Gasteiger charge is -2.25. The van der Waals surface area contributed by atoms with E-state index < -0.39 is 6.36 Å². The molecule has 5 nitrogen and oxygen atoms in total. The van der Waals surface area contributed by atoms with E-state index in [1.807, 2.05) is 0 Å². The van der Waals surface area contributed by atoms with Crippen molar-refractivity contribution in [3.05, 3.63) is 81.8 Å². The maximum absolute atomic E-state index is 13.2. The second-order valence-corrected chi connectivity index (χ2v) is 11.1. The molecule has 2 aliphatic rings. The van der Waals surface area contributed by atoms with Crippen LogP contribution in [0.3, 0.4) is 0 Å². The fourth-order valence-corrected chi connectivity index (χ4v) is 5.94. The Morgan fingerprint density at radius 2 is 1.86 bits per heavy atom. The predicted molar refractivity (Wildman–Crippen MR) is 136 cm³/mol. The van der Waals surface area contributed by atoms with Gasteiger partial charge in [-0.25, -0.2) is 4.98 Å². The molecule has 0 spiro atoms. The third-order valence-corrected chi connectivity index (χ3v) is 7.96. The van der Waals surface area contributed by atoms with Crippen molar-refractivity contribution < 1.29 is 22.7 Å². The van der Waals surface area contributed by atoms with E-state index >= 15 is 0 Å². The molecule has 5 rings (SSSR count). The highest BCUT2D eigenvalue weighted by molar-refractivity contribution is 7.07. The first-order valence-electron chi connectivity index (χ1n) is 12.5. The predicted octanol–water partition coefficient (Wildman–Crippen LogP) is 6.19. The number of piperidine rings is 1. The van der Waals surface area contributed by atoms with Gasteiger partial charge in [-0.05, 0) is 52.5 Å². The van der Waals surface area contributed by atoms with Crippen LogP contribution >= 0.6 is 11.3 Å². The first kappa shape index (κ1) is 25.7. The first-order chi connectivity index (χ1) is 17.7. The first-order valence-corrected chi connectivity index (χ1v) is 13.4. The molecule has 2 heterocycles. The number of fused-ring (bicyclic) bond motifs is 1. The Hall–Kier alpha value is -2.91. The maximum atomic E-state index is 13.2. The summed E-state index contributed by atoms with van der Waals surface area (Å²) >= 11 is 1.34.